The third-order valence-electron chi connectivity index (χ3n) is 4.94. The second kappa shape index (κ2) is 7.18. The summed E-state index contributed by atoms with van der Waals surface area (Å²) in [5.74, 6) is 1.14. The Balaban J connectivity index is 1.57. The van der Waals surface area contributed by atoms with Crippen molar-refractivity contribution in [1.29, 1.82) is 0 Å². The van der Waals surface area contributed by atoms with E-state index in [0.717, 1.165) is 69.6 Å². The van der Waals surface area contributed by atoms with Crippen molar-refractivity contribution in [3.63, 3.8) is 0 Å². The van der Waals surface area contributed by atoms with Gasteiger partial charge in [0.15, 0.2) is 0 Å². The van der Waals surface area contributed by atoms with Gasteiger partial charge in [-0.2, -0.15) is 0 Å². The van der Waals surface area contributed by atoms with E-state index in [4.69, 9.17) is 20.8 Å². The van der Waals surface area contributed by atoms with Crippen LogP contribution in [0.1, 0.15) is 23.3 Å². The standard InChI is InChI=1S/C19H23ClN2O2/c20-17-3-1-4-18(22-8-11-23-12-9-22)16(17)14-21-7-2-5-19-15(13-21)6-10-24-19/h1,3-4,6,10H,2,5,7-9,11-14H2. The summed E-state index contributed by atoms with van der Waals surface area (Å²) in [4.78, 5) is 4.87. The van der Waals surface area contributed by atoms with Crippen LogP contribution in [0, 0.1) is 0 Å². The van der Waals surface area contributed by atoms with Crippen molar-refractivity contribution in [2.24, 2.45) is 0 Å². The van der Waals surface area contributed by atoms with E-state index >= 15 is 0 Å². The molecule has 4 rings (SSSR count). The Hall–Kier alpha value is -1.49. The second-order valence-corrected chi connectivity index (χ2v) is 6.93. The summed E-state index contributed by atoms with van der Waals surface area (Å²) in [7, 11) is 0. The zero-order valence-electron chi connectivity index (χ0n) is 13.8. The summed E-state index contributed by atoms with van der Waals surface area (Å²) in [6.07, 6.45) is 3.96. The van der Waals surface area contributed by atoms with E-state index in [2.05, 4.69) is 21.9 Å². The van der Waals surface area contributed by atoms with E-state index < -0.39 is 0 Å². The molecule has 2 aliphatic heterocycles. The van der Waals surface area contributed by atoms with E-state index in [9.17, 15) is 0 Å². The number of hydrogen-bond donors (Lipinski definition) is 0. The van der Waals surface area contributed by atoms with Gasteiger partial charge in [-0.15, -0.1) is 0 Å². The van der Waals surface area contributed by atoms with Gasteiger partial charge in [0.2, 0.25) is 0 Å². The average Bonchev–Trinajstić information content (AvgIpc) is 2.96. The van der Waals surface area contributed by atoms with Gasteiger partial charge < -0.3 is 14.1 Å². The van der Waals surface area contributed by atoms with Crippen molar-refractivity contribution < 1.29 is 9.15 Å². The number of benzene rings is 1. The summed E-state index contributed by atoms with van der Waals surface area (Å²) in [5, 5.41) is 0.857. The average molecular weight is 347 g/mol. The molecule has 5 heteroatoms. The number of nitrogens with zero attached hydrogens (tertiary/aromatic N) is 2. The molecule has 0 N–H and O–H groups in total. The smallest absolute Gasteiger partial charge is 0.108 e. The van der Waals surface area contributed by atoms with Gasteiger partial charge in [0, 0.05) is 54.4 Å². The first kappa shape index (κ1) is 16.0. The lowest BCUT2D eigenvalue weighted by molar-refractivity contribution is 0.122. The first-order valence-corrected chi connectivity index (χ1v) is 9.07. The molecule has 1 fully saturated rings. The van der Waals surface area contributed by atoms with Crippen LogP contribution in [0.2, 0.25) is 5.02 Å². The van der Waals surface area contributed by atoms with Gasteiger partial charge in [0.25, 0.3) is 0 Å². The van der Waals surface area contributed by atoms with Crippen LogP contribution < -0.4 is 4.90 Å². The molecule has 3 heterocycles. The van der Waals surface area contributed by atoms with Crippen molar-refractivity contribution in [2.45, 2.75) is 25.9 Å². The Morgan fingerprint density at radius 2 is 1.96 bits per heavy atom. The molecule has 0 aliphatic carbocycles. The topological polar surface area (TPSA) is 28.9 Å². The molecule has 24 heavy (non-hydrogen) atoms. The lowest BCUT2D eigenvalue weighted by atomic mass is 10.1. The van der Waals surface area contributed by atoms with Crippen LogP contribution >= 0.6 is 11.6 Å². The van der Waals surface area contributed by atoms with Crippen molar-refractivity contribution in [1.82, 2.24) is 4.90 Å². The van der Waals surface area contributed by atoms with Gasteiger partial charge in [-0.05, 0) is 31.2 Å². The number of morpholine rings is 1. The summed E-state index contributed by atoms with van der Waals surface area (Å²) in [5.41, 5.74) is 3.79. The Morgan fingerprint density at radius 3 is 2.83 bits per heavy atom. The highest BCUT2D eigenvalue weighted by atomic mass is 35.5. The van der Waals surface area contributed by atoms with Crippen molar-refractivity contribution in [2.75, 3.05) is 37.7 Å². The fraction of sp³-hybridized carbons (Fsp3) is 0.474. The third kappa shape index (κ3) is 3.32. The number of rotatable bonds is 3. The largest absolute Gasteiger partial charge is 0.469 e. The lowest BCUT2D eigenvalue weighted by Gasteiger charge is -2.32. The number of fused-ring (bicyclic) bond motifs is 1. The molecule has 0 bridgehead atoms. The van der Waals surface area contributed by atoms with E-state index in [-0.39, 0.29) is 0 Å². The van der Waals surface area contributed by atoms with Crippen molar-refractivity contribution >= 4 is 17.3 Å². The minimum atomic E-state index is 0.786. The summed E-state index contributed by atoms with van der Waals surface area (Å²) < 4.78 is 11.1. The maximum atomic E-state index is 6.58. The molecule has 0 saturated carbocycles. The summed E-state index contributed by atoms with van der Waals surface area (Å²) in [6.45, 7) is 6.30. The maximum absolute atomic E-state index is 6.58. The summed E-state index contributed by atoms with van der Waals surface area (Å²) >= 11 is 6.58. The molecule has 2 aromatic rings. The lowest BCUT2D eigenvalue weighted by Crippen LogP contribution is -2.37. The number of hydrogen-bond acceptors (Lipinski definition) is 4. The molecule has 1 saturated heterocycles. The highest BCUT2D eigenvalue weighted by Gasteiger charge is 2.21. The van der Waals surface area contributed by atoms with Crippen LogP contribution in [-0.4, -0.2) is 37.7 Å². The molecule has 2 aliphatic rings. The molecule has 1 aromatic carbocycles. The van der Waals surface area contributed by atoms with Gasteiger partial charge in [-0.1, -0.05) is 17.7 Å². The zero-order valence-corrected chi connectivity index (χ0v) is 14.6. The molecule has 1 aromatic heterocycles. The highest BCUT2D eigenvalue weighted by molar-refractivity contribution is 6.31. The first-order chi connectivity index (χ1) is 11.8. The highest BCUT2D eigenvalue weighted by Crippen LogP contribution is 2.31. The van der Waals surface area contributed by atoms with E-state index in [1.54, 1.807) is 0 Å². The monoisotopic (exact) mass is 346 g/mol. The van der Waals surface area contributed by atoms with E-state index in [1.165, 1.54) is 16.8 Å². The minimum Gasteiger partial charge on any atom is -0.469 e. The Labute approximate surface area is 147 Å². The van der Waals surface area contributed by atoms with Gasteiger partial charge >= 0.3 is 0 Å². The summed E-state index contributed by atoms with van der Waals surface area (Å²) in [6, 6.07) is 8.34. The van der Waals surface area contributed by atoms with Crippen LogP contribution in [0.4, 0.5) is 5.69 Å². The molecule has 0 unspecified atom stereocenters. The number of furan rings is 1. The zero-order chi connectivity index (χ0) is 16.4. The Bertz CT molecular complexity index is 694. The number of ether oxygens (including phenoxy) is 1. The molecule has 0 spiro atoms. The second-order valence-electron chi connectivity index (χ2n) is 6.52. The maximum Gasteiger partial charge on any atom is 0.108 e. The van der Waals surface area contributed by atoms with E-state index in [1.807, 2.05) is 18.4 Å². The predicted molar refractivity (Wildman–Crippen MR) is 95.6 cm³/mol. The predicted octanol–water partition coefficient (Wildman–Crippen LogP) is 3.72. The van der Waals surface area contributed by atoms with Crippen LogP contribution in [-0.2, 0) is 24.2 Å². The fourth-order valence-corrected chi connectivity index (χ4v) is 3.90. The number of halogens is 1. The quantitative estimate of drug-likeness (QED) is 0.847. The van der Waals surface area contributed by atoms with Gasteiger partial charge in [-0.3, -0.25) is 4.90 Å². The SMILES string of the molecule is Clc1cccc(N2CCOCC2)c1CN1CCCc2occc2C1. The van der Waals surface area contributed by atoms with Gasteiger partial charge in [0.05, 0.1) is 19.5 Å². The molecule has 128 valence electrons. The molecule has 4 nitrogen and oxygen atoms in total. The van der Waals surface area contributed by atoms with Gasteiger partial charge in [0.1, 0.15) is 5.76 Å². The number of anilines is 1. The Morgan fingerprint density at radius 1 is 1.08 bits per heavy atom. The molecule has 0 atom stereocenters. The third-order valence-corrected chi connectivity index (χ3v) is 5.29. The van der Waals surface area contributed by atoms with Gasteiger partial charge in [-0.25, -0.2) is 0 Å². The molecule has 0 amide bonds. The van der Waals surface area contributed by atoms with E-state index in [0.29, 0.717) is 0 Å². The molecular formula is C19H23ClN2O2. The number of aryl methyl sites for hydroxylation is 1. The van der Waals surface area contributed by atoms with Crippen LogP contribution in [0.3, 0.4) is 0 Å². The van der Waals surface area contributed by atoms with Crippen LogP contribution in [0.5, 0.6) is 0 Å². The normalized spacial score (nSPS) is 19.1. The van der Waals surface area contributed by atoms with Crippen molar-refractivity contribution in [3.8, 4) is 0 Å². The molecular weight excluding hydrogens is 324 g/mol. The van der Waals surface area contributed by atoms with Crippen LogP contribution in [0.15, 0.2) is 34.9 Å². The first-order valence-electron chi connectivity index (χ1n) is 8.69. The minimum absolute atomic E-state index is 0.786. The van der Waals surface area contributed by atoms with Crippen molar-refractivity contribution in [3.05, 3.63) is 52.4 Å². The Kier molecular flexibility index (Phi) is 4.79. The molecule has 0 radical (unpaired) electrons. The fourth-order valence-electron chi connectivity index (χ4n) is 3.67. The van der Waals surface area contributed by atoms with Crippen LogP contribution in [0.25, 0.3) is 0 Å².